The van der Waals surface area contributed by atoms with Crippen molar-refractivity contribution in [1.82, 2.24) is 4.57 Å². The summed E-state index contributed by atoms with van der Waals surface area (Å²) in [4.78, 5) is 13.0. The minimum Gasteiger partial charge on any atom is -0.408 e. The quantitative estimate of drug-likeness (QED) is 0.438. The Hall–Kier alpha value is -0.370. The molecule has 21 heavy (non-hydrogen) atoms. The number of aryl methyl sites for hydroxylation is 1. The summed E-state index contributed by atoms with van der Waals surface area (Å²) in [6, 6.07) is 7.95. The predicted molar refractivity (Wildman–Crippen MR) is 96.6 cm³/mol. The van der Waals surface area contributed by atoms with Crippen LogP contribution < -0.4 is 5.76 Å². The van der Waals surface area contributed by atoms with Crippen LogP contribution in [0.3, 0.4) is 0 Å². The Morgan fingerprint density at radius 2 is 2.10 bits per heavy atom. The number of aromatic nitrogens is 1. The molecule has 1 aromatic carbocycles. The van der Waals surface area contributed by atoms with Crippen molar-refractivity contribution in [2.45, 2.75) is 18.3 Å². The van der Waals surface area contributed by atoms with Crippen LogP contribution in [0.2, 0.25) is 0 Å². The van der Waals surface area contributed by atoms with Gasteiger partial charge >= 0.3 is 5.76 Å². The molecule has 0 N–H and O–H groups in total. The Bertz CT molecular complexity index is 845. The van der Waals surface area contributed by atoms with Gasteiger partial charge in [0.15, 0.2) is 5.58 Å². The van der Waals surface area contributed by atoms with Crippen molar-refractivity contribution in [2.24, 2.45) is 0 Å². The zero-order chi connectivity index (χ0) is 15.1. The van der Waals surface area contributed by atoms with E-state index >= 15 is 0 Å². The number of rotatable bonds is 3. The van der Waals surface area contributed by atoms with Gasteiger partial charge in [0.25, 0.3) is 0 Å². The third kappa shape index (κ3) is 2.81. The highest BCUT2D eigenvalue weighted by Gasteiger charge is 2.17. The van der Waals surface area contributed by atoms with E-state index in [9.17, 15) is 4.79 Å². The van der Waals surface area contributed by atoms with Crippen LogP contribution in [0.25, 0.3) is 11.1 Å². The van der Waals surface area contributed by atoms with Crippen LogP contribution in [0.15, 0.2) is 41.7 Å². The minimum atomic E-state index is -0.308. The summed E-state index contributed by atoms with van der Waals surface area (Å²) in [5.74, 6) is -0.308. The van der Waals surface area contributed by atoms with Crippen molar-refractivity contribution >= 4 is 70.2 Å². The van der Waals surface area contributed by atoms with E-state index in [4.69, 9.17) is 4.42 Å². The number of nitrogens with zero attached hydrogens (tertiary/aromatic N) is 1. The number of thiophene rings is 1. The second kappa shape index (κ2) is 6.02. The van der Waals surface area contributed by atoms with Crippen LogP contribution in [0, 0.1) is 0 Å². The van der Waals surface area contributed by atoms with Gasteiger partial charge in [0.05, 0.1) is 14.1 Å². The van der Waals surface area contributed by atoms with Gasteiger partial charge in [-0.05, 0) is 62.5 Å². The number of benzene rings is 1. The number of fused-ring (bicyclic) bond motifs is 1. The first-order valence-corrected chi connectivity index (χ1v) is 9.55. The maximum absolute atomic E-state index is 11.7. The molecular weight excluding hydrogens is 486 g/mol. The van der Waals surface area contributed by atoms with E-state index in [1.165, 1.54) is 4.88 Å². The van der Waals surface area contributed by atoms with Gasteiger partial charge in [-0.3, -0.25) is 4.57 Å². The highest BCUT2D eigenvalue weighted by atomic mass is 79.9. The van der Waals surface area contributed by atoms with Crippen LogP contribution >= 0.6 is 59.1 Å². The monoisotopic (exact) mass is 493 g/mol. The first-order valence-electron chi connectivity index (χ1n) is 6.23. The van der Waals surface area contributed by atoms with Gasteiger partial charge in [-0.1, -0.05) is 22.0 Å². The SMILES string of the molecule is CCn1c(=O)oc2cc(C(Br)c3cc(Br)c(Br)s3)ccc21. The molecule has 2 aromatic heterocycles. The molecule has 0 amide bonds. The molecule has 1 atom stereocenters. The summed E-state index contributed by atoms with van der Waals surface area (Å²) in [7, 11) is 0. The molecule has 0 aliphatic heterocycles. The maximum Gasteiger partial charge on any atom is 0.419 e. The lowest BCUT2D eigenvalue weighted by atomic mass is 10.1. The van der Waals surface area contributed by atoms with Gasteiger partial charge in [0.1, 0.15) is 0 Å². The van der Waals surface area contributed by atoms with Crippen LogP contribution in [0.4, 0.5) is 0 Å². The van der Waals surface area contributed by atoms with Crippen LogP contribution in [-0.2, 0) is 6.54 Å². The van der Waals surface area contributed by atoms with Crippen LogP contribution in [-0.4, -0.2) is 4.57 Å². The van der Waals surface area contributed by atoms with Gasteiger partial charge in [-0.25, -0.2) is 4.79 Å². The molecular formula is C14H10Br3NO2S. The number of alkyl halides is 1. The largest absolute Gasteiger partial charge is 0.419 e. The average molecular weight is 496 g/mol. The van der Waals surface area contributed by atoms with E-state index in [1.807, 2.05) is 25.1 Å². The topological polar surface area (TPSA) is 35.1 Å². The van der Waals surface area contributed by atoms with Gasteiger partial charge in [0, 0.05) is 15.9 Å². The van der Waals surface area contributed by atoms with E-state index in [2.05, 4.69) is 53.9 Å². The summed E-state index contributed by atoms with van der Waals surface area (Å²) in [5, 5.41) is 0. The molecule has 0 spiro atoms. The van der Waals surface area contributed by atoms with Gasteiger partial charge in [-0.2, -0.15) is 0 Å². The first-order chi connectivity index (χ1) is 10.0. The number of oxazole rings is 1. The zero-order valence-corrected chi connectivity index (χ0v) is 16.5. The molecule has 3 aromatic rings. The lowest BCUT2D eigenvalue weighted by molar-refractivity contribution is 0.513. The molecule has 1 unspecified atom stereocenters. The Balaban J connectivity index is 2.06. The Morgan fingerprint density at radius 1 is 1.33 bits per heavy atom. The van der Waals surface area contributed by atoms with E-state index < -0.39 is 0 Å². The third-order valence-corrected chi connectivity index (χ3v) is 7.86. The van der Waals surface area contributed by atoms with Gasteiger partial charge in [-0.15, -0.1) is 11.3 Å². The zero-order valence-electron chi connectivity index (χ0n) is 10.9. The Labute approximate surface area is 150 Å². The van der Waals surface area contributed by atoms with E-state index in [-0.39, 0.29) is 10.6 Å². The fraction of sp³-hybridized carbons (Fsp3) is 0.214. The fourth-order valence-electron chi connectivity index (χ4n) is 2.19. The molecule has 7 heteroatoms. The predicted octanol–water partition coefficient (Wildman–Crippen LogP) is 5.69. The molecule has 0 bridgehead atoms. The van der Waals surface area contributed by atoms with Crippen molar-refractivity contribution in [3.05, 3.63) is 53.5 Å². The van der Waals surface area contributed by atoms with Crippen molar-refractivity contribution in [1.29, 1.82) is 0 Å². The average Bonchev–Trinajstić information content (AvgIpc) is 2.96. The second-order valence-corrected chi connectivity index (χ2v) is 8.64. The molecule has 0 aliphatic rings. The molecule has 0 radical (unpaired) electrons. The second-order valence-electron chi connectivity index (χ2n) is 4.47. The van der Waals surface area contributed by atoms with Crippen molar-refractivity contribution < 1.29 is 4.42 Å². The molecule has 3 rings (SSSR count). The van der Waals surface area contributed by atoms with E-state index in [0.717, 1.165) is 19.3 Å². The third-order valence-electron chi connectivity index (χ3n) is 3.22. The molecule has 0 saturated heterocycles. The Kier molecular flexibility index (Phi) is 4.45. The van der Waals surface area contributed by atoms with Crippen LogP contribution in [0.1, 0.15) is 22.2 Å². The Morgan fingerprint density at radius 3 is 2.71 bits per heavy atom. The first kappa shape index (κ1) is 15.5. The fourth-order valence-corrected chi connectivity index (χ4v) is 4.99. The van der Waals surface area contributed by atoms with E-state index in [0.29, 0.717) is 12.1 Å². The number of hydrogen-bond donors (Lipinski definition) is 0. The van der Waals surface area contributed by atoms with Crippen molar-refractivity contribution in [3.63, 3.8) is 0 Å². The summed E-state index contributed by atoms with van der Waals surface area (Å²) in [5.41, 5.74) is 2.51. The minimum absolute atomic E-state index is 0.0600. The maximum atomic E-state index is 11.7. The van der Waals surface area contributed by atoms with E-state index in [1.54, 1.807) is 15.9 Å². The molecule has 0 aliphatic carbocycles. The molecule has 0 saturated carbocycles. The lowest BCUT2D eigenvalue weighted by Gasteiger charge is -2.07. The smallest absolute Gasteiger partial charge is 0.408 e. The normalized spacial score (nSPS) is 13.0. The number of halogens is 3. The number of hydrogen-bond acceptors (Lipinski definition) is 3. The lowest BCUT2D eigenvalue weighted by Crippen LogP contribution is -2.11. The van der Waals surface area contributed by atoms with Crippen molar-refractivity contribution in [2.75, 3.05) is 0 Å². The highest BCUT2D eigenvalue weighted by molar-refractivity contribution is 9.13. The molecule has 0 fully saturated rings. The van der Waals surface area contributed by atoms with Crippen LogP contribution in [0.5, 0.6) is 0 Å². The van der Waals surface area contributed by atoms with Crippen molar-refractivity contribution in [3.8, 4) is 0 Å². The van der Waals surface area contributed by atoms with Gasteiger partial charge < -0.3 is 4.42 Å². The summed E-state index contributed by atoms with van der Waals surface area (Å²) in [6.07, 6.45) is 0. The molecule has 110 valence electrons. The standard InChI is InChI=1S/C14H10Br3NO2S/c1-2-18-9-4-3-7(5-10(9)20-14(18)19)12(16)11-6-8(15)13(17)21-11/h3-6,12H,2H2,1H3. The summed E-state index contributed by atoms with van der Waals surface area (Å²) < 4.78 is 9.04. The summed E-state index contributed by atoms with van der Waals surface area (Å²) >= 11 is 12.4. The molecule has 2 heterocycles. The highest BCUT2D eigenvalue weighted by Crippen LogP contribution is 2.41. The van der Waals surface area contributed by atoms with Gasteiger partial charge in [0.2, 0.25) is 0 Å². The summed E-state index contributed by atoms with van der Waals surface area (Å²) in [6.45, 7) is 2.53. The molecule has 3 nitrogen and oxygen atoms in total.